The first-order valence-electron chi connectivity index (χ1n) is 7.85. The Morgan fingerprint density at radius 1 is 1.06 bits per heavy atom. The lowest BCUT2D eigenvalue weighted by molar-refractivity contribution is -0.164. The summed E-state index contributed by atoms with van der Waals surface area (Å²) in [6, 6.07) is 0. The van der Waals surface area contributed by atoms with Gasteiger partial charge in [0.1, 0.15) is 5.78 Å². The Labute approximate surface area is 110 Å². The van der Waals surface area contributed by atoms with Crippen molar-refractivity contribution in [3.63, 3.8) is 0 Å². The van der Waals surface area contributed by atoms with E-state index >= 15 is 0 Å². The topological polar surface area (TPSA) is 26.3 Å². The first-order chi connectivity index (χ1) is 8.69. The van der Waals surface area contributed by atoms with Gasteiger partial charge >= 0.3 is 0 Å². The number of carbonyl (C=O) groups is 1. The zero-order valence-corrected chi connectivity index (χ0v) is 11.6. The molecule has 0 atom stereocenters. The van der Waals surface area contributed by atoms with Gasteiger partial charge < -0.3 is 4.74 Å². The summed E-state index contributed by atoms with van der Waals surface area (Å²) in [5, 5.41) is 0. The maximum Gasteiger partial charge on any atom is 0.135 e. The van der Waals surface area contributed by atoms with Crippen LogP contribution in [0.4, 0.5) is 0 Å². The largest absolute Gasteiger partial charge is 0.375 e. The molecule has 0 N–H and O–H groups in total. The molecule has 0 saturated heterocycles. The summed E-state index contributed by atoms with van der Waals surface area (Å²) in [6.07, 6.45) is 10.5. The average Bonchev–Trinajstić information content (AvgIpc) is 2.26. The van der Waals surface area contributed by atoms with Crippen molar-refractivity contribution in [2.45, 2.75) is 70.3 Å². The second-order valence-corrected chi connectivity index (χ2v) is 6.99. The van der Waals surface area contributed by atoms with Crippen LogP contribution in [0, 0.1) is 17.8 Å². The molecule has 4 aliphatic carbocycles. The van der Waals surface area contributed by atoms with Crippen LogP contribution in [0.5, 0.6) is 0 Å². The minimum atomic E-state index is 0.182. The summed E-state index contributed by atoms with van der Waals surface area (Å²) in [6.45, 7) is 2.74. The maximum atomic E-state index is 11.5. The molecule has 4 rings (SSSR count). The minimum Gasteiger partial charge on any atom is -0.375 e. The van der Waals surface area contributed by atoms with Crippen LogP contribution in [0.2, 0.25) is 0 Å². The SMILES string of the molecule is CCCC(=O)CCOC12CC3CC(CC(C3)C1)C2. The summed E-state index contributed by atoms with van der Waals surface area (Å²) in [7, 11) is 0. The van der Waals surface area contributed by atoms with Gasteiger partial charge in [0, 0.05) is 12.8 Å². The van der Waals surface area contributed by atoms with E-state index in [9.17, 15) is 4.79 Å². The van der Waals surface area contributed by atoms with E-state index in [0.29, 0.717) is 18.8 Å². The van der Waals surface area contributed by atoms with Crippen LogP contribution in [0.3, 0.4) is 0 Å². The third-order valence-electron chi connectivity index (χ3n) is 5.30. The van der Waals surface area contributed by atoms with Crippen LogP contribution in [0.15, 0.2) is 0 Å². The minimum absolute atomic E-state index is 0.182. The van der Waals surface area contributed by atoms with Crippen molar-refractivity contribution in [3.8, 4) is 0 Å². The first kappa shape index (κ1) is 12.7. The van der Waals surface area contributed by atoms with Crippen LogP contribution >= 0.6 is 0 Å². The van der Waals surface area contributed by atoms with Crippen molar-refractivity contribution in [2.24, 2.45) is 17.8 Å². The lowest BCUT2D eigenvalue weighted by atomic mass is 9.54. The van der Waals surface area contributed by atoms with E-state index < -0.39 is 0 Å². The van der Waals surface area contributed by atoms with Gasteiger partial charge in [-0.15, -0.1) is 0 Å². The molecule has 0 aliphatic heterocycles. The second kappa shape index (κ2) is 4.96. The molecule has 0 unspecified atom stereocenters. The molecule has 0 aromatic heterocycles. The van der Waals surface area contributed by atoms with Gasteiger partial charge in [0.25, 0.3) is 0 Å². The number of rotatable bonds is 6. The molecule has 0 radical (unpaired) electrons. The number of carbonyl (C=O) groups excluding carboxylic acids is 1. The summed E-state index contributed by atoms with van der Waals surface area (Å²) >= 11 is 0. The number of ketones is 1. The van der Waals surface area contributed by atoms with E-state index in [1.54, 1.807) is 0 Å². The zero-order valence-electron chi connectivity index (χ0n) is 11.6. The lowest BCUT2D eigenvalue weighted by Crippen LogP contribution is -2.52. The van der Waals surface area contributed by atoms with Gasteiger partial charge in [-0.2, -0.15) is 0 Å². The molecule has 2 nitrogen and oxygen atoms in total. The van der Waals surface area contributed by atoms with Crippen molar-refractivity contribution >= 4 is 5.78 Å². The molecule has 2 heteroatoms. The molecule has 4 saturated carbocycles. The number of hydrogen-bond acceptors (Lipinski definition) is 2. The quantitative estimate of drug-likeness (QED) is 0.718. The van der Waals surface area contributed by atoms with E-state index in [1.165, 1.54) is 38.5 Å². The fourth-order valence-electron chi connectivity index (χ4n) is 4.99. The third-order valence-corrected chi connectivity index (χ3v) is 5.30. The van der Waals surface area contributed by atoms with Crippen LogP contribution in [-0.4, -0.2) is 18.0 Å². The molecule has 4 bridgehead atoms. The molecule has 18 heavy (non-hydrogen) atoms. The molecule has 0 spiro atoms. The summed E-state index contributed by atoms with van der Waals surface area (Å²) < 4.78 is 6.24. The first-order valence-corrected chi connectivity index (χ1v) is 7.85. The molecule has 102 valence electrons. The normalized spacial score (nSPS) is 41.3. The molecule has 0 aromatic rings. The smallest absolute Gasteiger partial charge is 0.135 e. The number of hydrogen-bond donors (Lipinski definition) is 0. The van der Waals surface area contributed by atoms with Crippen LogP contribution < -0.4 is 0 Å². The Bertz CT molecular complexity index is 286. The lowest BCUT2D eigenvalue weighted by Gasteiger charge is -2.56. The van der Waals surface area contributed by atoms with Crippen LogP contribution in [0.1, 0.15) is 64.7 Å². The molecular formula is C16H26O2. The van der Waals surface area contributed by atoms with Crippen molar-refractivity contribution in [3.05, 3.63) is 0 Å². The molecule has 0 amide bonds. The van der Waals surface area contributed by atoms with Crippen LogP contribution in [-0.2, 0) is 9.53 Å². The Morgan fingerprint density at radius 2 is 1.61 bits per heavy atom. The molecule has 0 aromatic carbocycles. The Hall–Kier alpha value is -0.370. The summed E-state index contributed by atoms with van der Waals surface area (Å²) in [5.41, 5.74) is 0.182. The van der Waals surface area contributed by atoms with E-state index in [4.69, 9.17) is 4.74 Å². The van der Waals surface area contributed by atoms with E-state index in [-0.39, 0.29) is 5.60 Å². The van der Waals surface area contributed by atoms with Crippen molar-refractivity contribution in [1.82, 2.24) is 0 Å². The molecule has 0 heterocycles. The van der Waals surface area contributed by atoms with Gasteiger partial charge in [-0.25, -0.2) is 0 Å². The van der Waals surface area contributed by atoms with Gasteiger partial charge in [0.2, 0.25) is 0 Å². The fourth-order valence-corrected chi connectivity index (χ4v) is 4.99. The highest BCUT2D eigenvalue weighted by Crippen LogP contribution is 2.57. The molecular weight excluding hydrogens is 224 g/mol. The van der Waals surface area contributed by atoms with Gasteiger partial charge in [-0.05, 0) is 62.7 Å². The van der Waals surface area contributed by atoms with E-state index in [0.717, 1.165) is 30.6 Å². The van der Waals surface area contributed by atoms with Gasteiger partial charge in [-0.1, -0.05) is 6.92 Å². The highest BCUT2D eigenvalue weighted by Gasteiger charge is 2.51. The van der Waals surface area contributed by atoms with Gasteiger partial charge in [0.05, 0.1) is 12.2 Å². The highest BCUT2D eigenvalue weighted by molar-refractivity contribution is 5.78. The molecule has 4 aliphatic rings. The Morgan fingerprint density at radius 3 is 2.11 bits per heavy atom. The summed E-state index contributed by atoms with van der Waals surface area (Å²) in [4.78, 5) is 11.5. The van der Waals surface area contributed by atoms with E-state index in [1.807, 2.05) is 0 Å². The Kier molecular flexibility index (Phi) is 3.48. The Balaban J connectivity index is 1.51. The van der Waals surface area contributed by atoms with Crippen molar-refractivity contribution < 1.29 is 9.53 Å². The standard InChI is InChI=1S/C16H26O2/c1-2-3-15(17)4-5-18-16-9-12-6-13(10-16)8-14(7-12)11-16/h12-14H,2-11H2,1H3. The fraction of sp³-hybridized carbons (Fsp3) is 0.938. The van der Waals surface area contributed by atoms with Gasteiger partial charge in [0.15, 0.2) is 0 Å². The number of ether oxygens (including phenoxy) is 1. The average molecular weight is 250 g/mol. The monoisotopic (exact) mass is 250 g/mol. The van der Waals surface area contributed by atoms with Gasteiger partial charge in [-0.3, -0.25) is 4.79 Å². The predicted molar refractivity (Wildman–Crippen MR) is 71.4 cm³/mol. The second-order valence-electron chi connectivity index (χ2n) is 6.99. The zero-order chi connectivity index (χ0) is 12.6. The molecule has 4 fully saturated rings. The van der Waals surface area contributed by atoms with E-state index in [2.05, 4.69) is 6.92 Å². The van der Waals surface area contributed by atoms with Crippen LogP contribution in [0.25, 0.3) is 0 Å². The predicted octanol–water partition coefficient (Wildman–Crippen LogP) is 3.73. The maximum absolute atomic E-state index is 11.5. The number of Topliss-reactive ketones (excluding diaryl/α,β-unsaturated/α-hetero) is 1. The third kappa shape index (κ3) is 2.49. The van der Waals surface area contributed by atoms with Crippen molar-refractivity contribution in [1.29, 1.82) is 0 Å². The summed E-state index contributed by atoms with van der Waals surface area (Å²) in [5.74, 6) is 3.18. The van der Waals surface area contributed by atoms with Crippen molar-refractivity contribution in [2.75, 3.05) is 6.61 Å². The highest BCUT2D eigenvalue weighted by atomic mass is 16.5.